The first-order chi connectivity index (χ1) is 21.1. The Hall–Kier alpha value is -4.65. The molecule has 0 aliphatic carbocycles. The molecule has 44 heavy (non-hydrogen) atoms. The molecule has 0 unspecified atom stereocenters. The average molecular weight is 608 g/mol. The second kappa shape index (κ2) is 11.5. The Balaban J connectivity index is 1.36. The van der Waals surface area contributed by atoms with E-state index >= 15 is 0 Å². The zero-order chi connectivity index (χ0) is 31.2. The summed E-state index contributed by atoms with van der Waals surface area (Å²) in [5, 5.41) is 0.922. The summed E-state index contributed by atoms with van der Waals surface area (Å²) >= 11 is 0. The van der Waals surface area contributed by atoms with Crippen molar-refractivity contribution >= 4 is 27.8 Å². The number of halogens is 3. The number of H-pyrrole nitrogens is 1. The van der Waals surface area contributed by atoms with Crippen molar-refractivity contribution in [1.82, 2.24) is 34.3 Å². The maximum absolute atomic E-state index is 14.1. The third kappa shape index (κ3) is 5.43. The minimum absolute atomic E-state index is 0.127. The third-order valence-electron chi connectivity index (χ3n) is 8.21. The van der Waals surface area contributed by atoms with Crippen LogP contribution in [0.2, 0.25) is 0 Å². The van der Waals surface area contributed by atoms with Gasteiger partial charge in [-0.05, 0) is 51.2 Å². The highest BCUT2D eigenvalue weighted by Crippen LogP contribution is 2.37. The summed E-state index contributed by atoms with van der Waals surface area (Å²) in [6.07, 6.45) is -1.88. The van der Waals surface area contributed by atoms with Crippen molar-refractivity contribution in [2.75, 3.05) is 34.9 Å². The van der Waals surface area contributed by atoms with E-state index in [9.17, 15) is 18.0 Å². The van der Waals surface area contributed by atoms with Gasteiger partial charge in [0, 0.05) is 24.0 Å². The van der Waals surface area contributed by atoms with Crippen molar-refractivity contribution in [3.63, 3.8) is 0 Å². The van der Waals surface area contributed by atoms with Crippen molar-refractivity contribution < 1.29 is 27.4 Å². The number of para-hydroxylation sites is 1. The molecule has 1 N–H and O–H groups in total. The number of nitrogens with zero attached hydrogens (tertiary/aromatic N) is 6. The molecule has 0 saturated carbocycles. The fourth-order valence-electron chi connectivity index (χ4n) is 5.90. The largest absolute Gasteiger partial charge is 0.497 e. The maximum atomic E-state index is 14.1. The van der Waals surface area contributed by atoms with Crippen LogP contribution in [0.1, 0.15) is 30.5 Å². The number of amides is 1. The number of hydrogen-bond donors (Lipinski definition) is 1. The van der Waals surface area contributed by atoms with Gasteiger partial charge in [-0.25, -0.2) is 15.0 Å². The summed E-state index contributed by atoms with van der Waals surface area (Å²) in [6, 6.07) is 13.7. The molecule has 0 bridgehead atoms. The predicted molar refractivity (Wildman–Crippen MR) is 158 cm³/mol. The number of benzene rings is 2. The van der Waals surface area contributed by atoms with Crippen LogP contribution < -0.4 is 9.47 Å². The first-order valence-corrected chi connectivity index (χ1v) is 14.1. The number of likely N-dealkylation sites (tertiary alicyclic amines) is 1. The van der Waals surface area contributed by atoms with Gasteiger partial charge in [0.25, 0.3) is 0 Å². The predicted octanol–water partition coefficient (Wildman–Crippen LogP) is 5.30. The van der Waals surface area contributed by atoms with Gasteiger partial charge in [-0.15, -0.1) is 0 Å². The SMILES string of the molecule is COc1ccc2nc(C(F)(F)F)n(CC(=O)N3CC[C@@H](N(C)C)C[C@H]3c3ncc(-c4cc5ccccc5nc4OC)[nH]3)c2c1. The quantitative estimate of drug-likeness (QED) is 0.268. The van der Waals surface area contributed by atoms with Crippen LogP contribution in [0.25, 0.3) is 33.2 Å². The van der Waals surface area contributed by atoms with Crippen molar-refractivity contribution in [2.45, 2.75) is 37.6 Å². The zero-order valence-corrected chi connectivity index (χ0v) is 24.7. The van der Waals surface area contributed by atoms with Crippen molar-refractivity contribution in [3.8, 4) is 22.9 Å². The van der Waals surface area contributed by atoms with E-state index in [2.05, 4.69) is 24.8 Å². The first kappa shape index (κ1) is 29.4. The van der Waals surface area contributed by atoms with Gasteiger partial charge in [0.1, 0.15) is 18.1 Å². The Bertz CT molecular complexity index is 1830. The number of fused-ring (bicyclic) bond motifs is 2. The summed E-state index contributed by atoms with van der Waals surface area (Å²) in [4.78, 5) is 34.1. The monoisotopic (exact) mass is 607 g/mol. The molecule has 5 aromatic rings. The second-order valence-corrected chi connectivity index (χ2v) is 11.0. The van der Waals surface area contributed by atoms with E-state index in [1.807, 2.05) is 44.4 Å². The number of nitrogens with one attached hydrogen (secondary N) is 1. The van der Waals surface area contributed by atoms with Crippen LogP contribution in [0.5, 0.6) is 11.6 Å². The number of pyridine rings is 1. The topological polar surface area (TPSA) is 101 Å². The molecule has 3 aromatic heterocycles. The number of rotatable bonds is 7. The molecule has 2 aromatic carbocycles. The van der Waals surface area contributed by atoms with E-state index < -0.39 is 30.5 Å². The maximum Gasteiger partial charge on any atom is 0.449 e. The van der Waals surface area contributed by atoms with Gasteiger partial charge in [-0.1, -0.05) is 18.2 Å². The molecule has 1 amide bonds. The Labute approximate surface area is 251 Å². The van der Waals surface area contributed by atoms with E-state index in [-0.39, 0.29) is 17.1 Å². The van der Waals surface area contributed by atoms with Gasteiger partial charge in [-0.2, -0.15) is 13.2 Å². The van der Waals surface area contributed by atoms with E-state index in [1.165, 1.54) is 25.3 Å². The molecular formula is C31H32F3N7O3. The number of carbonyl (C=O) groups excluding carboxylic acids is 1. The standard InChI is InChI=1S/C31H32F3N7O3/c1-39(2)19-11-12-40(27(42)17-41-25-15-20(43-3)9-10-23(25)38-30(41)31(32,33)34)26(14-19)28-35-16-24(36-28)21-13-18-7-5-6-8-22(18)37-29(21)44-4/h5-10,13,15-16,19,26H,11-12,14,17H2,1-4H3,(H,35,36)/t19-,26+/m1/s1. The summed E-state index contributed by atoms with van der Waals surface area (Å²) < 4.78 is 54.0. The number of ether oxygens (including phenoxy) is 2. The second-order valence-electron chi connectivity index (χ2n) is 11.0. The molecule has 4 heterocycles. The number of methoxy groups -OCH3 is 2. The lowest BCUT2D eigenvalue weighted by atomic mass is 9.95. The minimum atomic E-state index is -4.76. The fourth-order valence-corrected chi connectivity index (χ4v) is 5.90. The molecule has 1 aliphatic rings. The van der Waals surface area contributed by atoms with Crippen molar-refractivity contribution in [3.05, 3.63) is 66.4 Å². The van der Waals surface area contributed by atoms with Gasteiger partial charge in [0.15, 0.2) is 0 Å². The molecule has 13 heteroatoms. The van der Waals surface area contributed by atoms with Crippen molar-refractivity contribution in [1.29, 1.82) is 0 Å². The molecule has 1 fully saturated rings. The van der Waals surface area contributed by atoms with Gasteiger partial charge >= 0.3 is 6.18 Å². The Morgan fingerprint density at radius 1 is 1.07 bits per heavy atom. The number of alkyl halides is 3. The number of aromatic amines is 1. The highest BCUT2D eigenvalue weighted by Gasteiger charge is 2.40. The van der Waals surface area contributed by atoms with E-state index in [4.69, 9.17) is 9.47 Å². The number of piperidine rings is 1. The highest BCUT2D eigenvalue weighted by atomic mass is 19.4. The number of carbonyl (C=O) groups is 1. The van der Waals surface area contributed by atoms with Crippen LogP contribution in [-0.2, 0) is 17.5 Å². The number of aromatic nitrogens is 5. The highest BCUT2D eigenvalue weighted by molar-refractivity contribution is 5.85. The molecule has 0 spiro atoms. The number of imidazole rings is 2. The molecule has 1 saturated heterocycles. The summed E-state index contributed by atoms with van der Waals surface area (Å²) in [5.74, 6) is -0.286. The van der Waals surface area contributed by atoms with Gasteiger partial charge in [0.05, 0.1) is 54.3 Å². The lowest BCUT2D eigenvalue weighted by molar-refractivity contribution is -0.148. The smallest absolute Gasteiger partial charge is 0.449 e. The Morgan fingerprint density at radius 2 is 1.86 bits per heavy atom. The first-order valence-electron chi connectivity index (χ1n) is 14.1. The summed E-state index contributed by atoms with van der Waals surface area (Å²) in [6.45, 7) is -0.196. The average Bonchev–Trinajstić information content (AvgIpc) is 3.65. The normalized spacial score (nSPS) is 17.5. The molecule has 10 nitrogen and oxygen atoms in total. The van der Waals surface area contributed by atoms with E-state index in [0.29, 0.717) is 48.1 Å². The molecule has 2 atom stereocenters. The van der Waals surface area contributed by atoms with Crippen LogP contribution in [0, 0.1) is 0 Å². The van der Waals surface area contributed by atoms with E-state index in [1.54, 1.807) is 18.2 Å². The molecule has 230 valence electrons. The minimum Gasteiger partial charge on any atom is -0.497 e. The molecule has 0 radical (unpaired) electrons. The van der Waals surface area contributed by atoms with E-state index in [0.717, 1.165) is 15.5 Å². The van der Waals surface area contributed by atoms with Crippen LogP contribution in [0.15, 0.2) is 54.7 Å². The van der Waals surface area contributed by atoms with Gasteiger partial charge < -0.3 is 28.8 Å². The lowest BCUT2D eigenvalue weighted by Crippen LogP contribution is -2.47. The Kier molecular flexibility index (Phi) is 7.66. The van der Waals surface area contributed by atoms with Gasteiger partial charge in [0.2, 0.25) is 17.6 Å². The van der Waals surface area contributed by atoms with Crippen LogP contribution in [0.3, 0.4) is 0 Å². The fraction of sp³-hybridized carbons (Fsp3) is 0.355. The molecule has 1 aliphatic heterocycles. The lowest BCUT2D eigenvalue weighted by Gasteiger charge is -2.41. The Morgan fingerprint density at radius 3 is 2.59 bits per heavy atom. The van der Waals surface area contributed by atoms with Crippen molar-refractivity contribution in [2.24, 2.45) is 0 Å². The zero-order valence-electron chi connectivity index (χ0n) is 24.7. The van der Waals surface area contributed by atoms with Crippen LogP contribution >= 0.6 is 0 Å². The molecular weight excluding hydrogens is 575 g/mol. The summed E-state index contributed by atoms with van der Waals surface area (Å²) in [7, 11) is 6.92. The third-order valence-corrected chi connectivity index (χ3v) is 8.21. The van der Waals surface area contributed by atoms with Gasteiger partial charge in [-0.3, -0.25) is 4.79 Å². The summed E-state index contributed by atoms with van der Waals surface area (Å²) in [5.41, 5.74) is 2.44. The molecule has 6 rings (SSSR count). The van der Waals surface area contributed by atoms with Crippen LogP contribution in [-0.4, -0.2) is 81.1 Å². The van der Waals surface area contributed by atoms with Crippen LogP contribution in [0.4, 0.5) is 13.2 Å². The number of hydrogen-bond acceptors (Lipinski definition) is 7.